The van der Waals surface area contributed by atoms with Crippen molar-refractivity contribution in [1.82, 2.24) is 9.21 Å². The number of hydrogen-bond donors (Lipinski definition) is 1. The molecule has 7 nitrogen and oxygen atoms in total. The van der Waals surface area contributed by atoms with E-state index in [4.69, 9.17) is 4.74 Å². The molecule has 9 heteroatoms. The third-order valence-corrected chi connectivity index (χ3v) is 7.92. The van der Waals surface area contributed by atoms with Crippen molar-refractivity contribution in [2.24, 2.45) is 0 Å². The molecule has 1 aliphatic rings. The Hall–Kier alpha value is -1.94. The van der Waals surface area contributed by atoms with Crippen molar-refractivity contribution in [3.63, 3.8) is 0 Å². The van der Waals surface area contributed by atoms with Crippen molar-refractivity contribution < 1.29 is 17.9 Å². The number of piperazine rings is 1. The number of nitrogens with zero attached hydrogens (tertiary/aromatic N) is 2. The Morgan fingerprint density at radius 1 is 1.15 bits per heavy atom. The molecule has 0 radical (unpaired) electrons. The number of nitrogens with one attached hydrogen (secondary N) is 1. The van der Waals surface area contributed by atoms with E-state index in [0.717, 1.165) is 5.75 Å². The number of rotatable bonds is 6. The summed E-state index contributed by atoms with van der Waals surface area (Å²) in [5, 5.41) is 4.65. The molecule has 0 spiro atoms. The molecule has 2 heterocycles. The number of sulfonamides is 1. The lowest BCUT2D eigenvalue weighted by Gasteiger charge is -2.36. The van der Waals surface area contributed by atoms with Crippen molar-refractivity contribution in [3.05, 3.63) is 41.8 Å². The predicted molar refractivity (Wildman–Crippen MR) is 106 cm³/mol. The normalized spacial score (nSPS) is 17.4. The van der Waals surface area contributed by atoms with Crippen LogP contribution in [-0.4, -0.2) is 62.9 Å². The summed E-state index contributed by atoms with van der Waals surface area (Å²) < 4.78 is 32.1. The number of thiophene rings is 1. The van der Waals surface area contributed by atoms with Gasteiger partial charge in [-0.25, -0.2) is 8.42 Å². The number of carbonyl (C=O) groups is 1. The minimum absolute atomic E-state index is 0.116. The molecule has 0 bridgehead atoms. The summed E-state index contributed by atoms with van der Waals surface area (Å²) in [5.74, 6) is 0.610. The van der Waals surface area contributed by atoms with Crippen LogP contribution in [0.1, 0.15) is 6.92 Å². The van der Waals surface area contributed by atoms with Crippen molar-refractivity contribution >= 4 is 33.0 Å². The molecule has 1 aromatic carbocycles. The SMILES string of the molecule is COc1ccc(NC(=O)[C@@H](C)N2CCN(S(=O)(=O)c3cccs3)CC2)cc1. The number of benzene rings is 1. The fourth-order valence-corrected chi connectivity index (χ4v) is 5.52. The fraction of sp³-hybridized carbons (Fsp3) is 0.389. The van der Waals surface area contributed by atoms with Crippen LogP contribution in [0, 0.1) is 0 Å². The molecule has 1 aliphatic heterocycles. The topological polar surface area (TPSA) is 79.0 Å². The standard InChI is InChI=1S/C18H23N3O4S2/c1-14(18(22)19-15-5-7-16(25-2)8-6-15)20-9-11-21(12-10-20)27(23,24)17-4-3-13-26-17/h3-8,13-14H,9-12H2,1-2H3,(H,19,22)/t14-/m1/s1. The van der Waals surface area contributed by atoms with E-state index in [0.29, 0.717) is 36.1 Å². The predicted octanol–water partition coefficient (Wildman–Crippen LogP) is 2.09. The van der Waals surface area contributed by atoms with Crippen LogP contribution >= 0.6 is 11.3 Å². The lowest BCUT2D eigenvalue weighted by atomic mass is 10.2. The first-order chi connectivity index (χ1) is 12.9. The highest BCUT2D eigenvalue weighted by molar-refractivity contribution is 7.91. The number of amides is 1. The van der Waals surface area contributed by atoms with Crippen LogP contribution in [0.4, 0.5) is 5.69 Å². The average molecular weight is 410 g/mol. The molecule has 1 atom stereocenters. The summed E-state index contributed by atoms with van der Waals surface area (Å²) >= 11 is 1.22. The van der Waals surface area contributed by atoms with Gasteiger partial charge in [0, 0.05) is 31.9 Å². The van der Waals surface area contributed by atoms with Crippen molar-refractivity contribution in [3.8, 4) is 5.75 Å². The minimum Gasteiger partial charge on any atom is -0.497 e. The van der Waals surface area contributed by atoms with Crippen LogP contribution in [0.5, 0.6) is 5.75 Å². The summed E-state index contributed by atoms with van der Waals surface area (Å²) in [6.45, 7) is 3.62. The van der Waals surface area contributed by atoms with E-state index in [1.165, 1.54) is 15.6 Å². The maximum atomic E-state index is 12.6. The first-order valence-corrected chi connectivity index (χ1v) is 11.0. The Kier molecular flexibility index (Phi) is 6.15. The van der Waals surface area contributed by atoms with Crippen LogP contribution in [-0.2, 0) is 14.8 Å². The summed E-state index contributed by atoms with van der Waals surface area (Å²) in [6.07, 6.45) is 0. The second-order valence-corrected chi connectivity index (χ2v) is 9.38. The Labute approximate surface area is 163 Å². The van der Waals surface area contributed by atoms with Gasteiger partial charge in [0.15, 0.2) is 0 Å². The van der Waals surface area contributed by atoms with Crippen molar-refractivity contribution in [2.45, 2.75) is 17.2 Å². The highest BCUT2D eigenvalue weighted by Crippen LogP contribution is 2.22. The Bertz CT molecular complexity index is 859. The van der Waals surface area contributed by atoms with Gasteiger partial charge in [-0.1, -0.05) is 6.07 Å². The van der Waals surface area contributed by atoms with E-state index in [1.54, 1.807) is 48.9 Å². The molecule has 0 aliphatic carbocycles. The second-order valence-electron chi connectivity index (χ2n) is 6.27. The average Bonchev–Trinajstić information content (AvgIpc) is 3.24. The maximum absolute atomic E-state index is 12.6. The van der Waals surface area contributed by atoms with Gasteiger partial charge in [0.25, 0.3) is 10.0 Å². The zero-order valence-electron chi connectivity index (χ0n) is 15.3. The molecule has 1 fully saturated rings. The van der Waals surface area contributed by atoms with Gasteiger partial charge in [-0.3, -0.25) is 9.69 Å². The van der Waals surface area contributed by atoms with Gasteiger partial charge in [0.2, 0.25) is 5.91 Å². The van der Waals surface area contributed by atoms with Gasteiger partial charge < -0.3 is 10.1 Å². The number of ether oxygens (including phenoxy) is 1. The monoisotopic (exact) mass is 409 g/mol. The van der Waals surface area contributed by atoms with Crippen LogP contribution in [0.25, 0.3) is 0 Å². The van der Waals surface area contributed by atoms with E-state index < -0.39 is 10.0 Å². The molecular formula is C18H23N3O4S2. The third kappa shape index (κ3) is 4.49. The summed E-state index contributed by atoms with van der Waals surface area (Å²) in [5.41, 5.74) is 0.701. The first-order valence-electron chi connectivity index (χ1n) is 8.64. The maximum Gasteiger partial charge on any atom is 0.252 e. The summed E-state index contributed by atoms with van der Waals surface area (Å²) in [4.78, 5) is 14.5. The quantitative estimate of drug-likeness (QED) is 0.790. The minimum atomic E-state index is -3.43. The molecule has 0 unspecified atom stereocenters. The molecule has 146 valence electrons. The number of carbonyl (C=O) groups excluding carboxylic acids is 1. The van der Waals surface area contributed by atoms with Gasteiger partial charge in [-0.05, 0) is 42.6 Å². The number of hydrogen-bond acceptors (Lipinski definition) is 6. The van der Waals surface area contributed by atoms with E-state index in [-0.39, 0.29) is 11.9 Å². The molecule has 3 rings (SSSR count). The van der Waals surface area contributed by atoms with E-state index in [2.05, 4.69) is 5.32 Å². The van der Waals surface area contributed by atoms with Gasteiger partial charge in [-0.2, -0.15) is 4.31 Å². The highest BCUT2D eigenvalue weighted by atomic mass is 32.2. The Morgan fingerprint density at radius 3 is 2.37 bits per heavy atom. The van der Waals surface area contributed by atoms with Crippen LogP contribution in [0.2, 0.25) is 0 Å². The Balaban J connectivity index is 1.56. The smallest absolute Gasteiger partial charge is 0.252 e. The van der Waals surface area contributed by atoms with Gasteiger partial charge in [0.05, 0.1) is 13.2 Å². The van der Waals surface area contributed by atoms with Gasteiger partial charge >= 0.3 is 0 Å². The molecular weight excluding hydrogens is 386 g/mol. The molecule has 1 amide bonds. The molecule has 1 N–H and O–H groups in total. The number of methoxy groups -OCH3 is 1. The number of anilines is 1. The van der Waals surface area contributed by atoms with E-state index in [1.807, 2.05) is 11.8 Å². The largest absolute Gasteiger partial charge is 0.497 e. The van der Waals surface area contributed by atoms with Crippen LogP contribution in [0.3, 0.4) is 0 Å². The zero-order chi connectivity index (χ0) is 19.4. The molecule has 2 aromatic rings. The van der Waals surface area contributed by atoms with E-state index in [9.17, 15) is 13.2 Å². The molecule has 0 saturated carbocycles. The van der Waals surface area contributed by atoms with Crippen molar-refractivity contribution in [2.75, 3.05) is 38.6 Å². The fourth-order valence-electron chi connectivity index (χ4n) is 2.96. The summed E-state index contributed by atoms with van der Waals surface area (Å²) in [7, 11) is -1.84. The lowest BCUT2D eigenvalue weighted by molar-refractivity contribution is -0.121. The second kappa shape index (κ2) is 8.39. The molecule has 27 heavy (non-hydrogen) atoms. The molecule has 1 saturated heterocycles. The summed E-state index contributed by atoms with van der Waals surface area (Å²) in [6, 6.07) is 10.2. The van der Waals surface area contributed by atoms with Gasteiger partial charge in [-0.15, -0.1) is 11.3 Å². The lowest BCUT2D eigenvalue weighted by Crippen LogP contribution is -2.53. The van der Waals surface area contributed by atoms with Crippen LogP contribution < -0.4 is 10.1 Å². The van der Waals surface area contributed by atoms with Crippen molar-refractivity contribution in [1.29, 1.82) is 0 Å². The van der Waals surface area contributed by atoms with Crippen LogP contribution in [0.15, 0.2) is 46.0 Å². The zero-order valence-corrected chi connectivity index (χ0v) is 16.9. The Morgan fingerprint density at radius 2 is 1.81 bits per heavy atom. The van der Waals surface area contributed by atoms with E-state index >= 15 is 0 Å². The first kappa shape index (κ1) is 19.8. The molecule has 1 aromatic heterocycles. The van der Waals surface area contributed by atoms with Gasteiger partial charge in [0.1, 0.15) is 9.96 Å². The third-order valence-electron chi connectivity index (χ3n) is 4.65. The highest BCUT2D eigenvalue weighted by Gasteiger charge is 2.32.